The normalized spacial score (nSPS) is 23.3. The Kier molecular flexibility index (Phi) is 5.33. The highest BCUT2D eigenvalue weighted by atomic mass is 16.5. The third-order valence-electron chi connectivity index (χ3n) is 4.95. The number of aromatic nitrogens is 1. The van der Waals surface area contributed by atoms with Gasteiger partial charge < -0.3 is 14.2 Å². The fourth-order valence-corrected chi connectivity index (χ4v) is 3.56. The Balaban J connectivity index is 1.41. The monoisotopic (exact) mass is 321 g/mol. The molecule has 23 heavy (non-hydrogen) atoms. The van der Waals surface area contributed by atoms with Crippen LogP contribution in [0.4, 0.5) is 0 Å². The molecule has 0 bridgehead atoms. The SMILES string of the molecule is Cc1cc(CN2CCC(CN(C)C(=O)C3CCOC3)CC2)on1. The summed E-state index contributed by atoms with van der Waals surface area (Å²) in [5, 5.41) is 3.94. The number of amides is 1. The van der Waals surface area contributed by atoms with Crippen LogP contribution in [-0.2, 0) is 16.1 Å². The van der Waals surface area contributed by atoms with Gasteiger partial charge in [-0.1, -0.05) is 5.16 Å². The molecule has 0 aliphatic carbocycles. The first-order chi connectivity index (χ1) is 11.1. The molecule has 0 radical (unpaired) electrons. The predicted molar refractivity (Wildman–Crippen MR) is 85.8 cm³/mol. The largest absolute Gasteiger partial charge is 0.381 e. The summed E-state index contributed by atoms with van der Waals surface area (Å²) in [6, 6.07) is 2.00. The Morgan fingerprint density at radius 3 is 2.78 bits per heavy atom. The quantitative estimate of drug-likeness (QED) is 0.826. The number of nitrogens with zero attached hydrogens (tertiary/aromatic N) is 3. The molecular formula is C17H27N3O3. The lowest BCUT2D eigenvalue weighted by Crippen LogP contribution is -2.41. The Labute approximate surface area is 137 Å². The highest BCUT2D eigenvalue weighted by Gasteiger charge is 2.28. The molecule has 2 fully saturated rings. The standard InChI is InChI=1S/C17H27N3O3/c1-13-9-16(23-18-13)11-20-6-3-14(4-7-20)10-19(2)17(21)15-5-8-22-12-15/h9,14-15H,3-8,10-12H2,1-2H3. The zero-order chi connectivity index (χ0) is 16.2. The van der Waals surface area contributed by atoms with E-state index in [0.29, 0.717) is 12.5 Å². The van der Waals surface area contributed by atoms with Gasteiger partial charge >= 0.3 is 0 Å². The van der Waals surface area contributed by atoms with Gasteiger partial charge in [-0.05, 0) is 45.2 Å². The van der Waals surface area contributed by atoms with Crippen molar-refractivity contribution in [2.45, 2.75) is 32.7 Å². The molecular weight excluding hydrogens is 294 g/mol. The third kappa shape index (κ3) is 4.32. The number of rotatable bonds is 5. The molecule has 3 rings (SSSR count). The van der Waals surface area contributed by atoms with E-state index in [1.807, 2.05) is 24.9 Å². The van der Waals surface area contributed by atoms with Crippen molar-refractivity contribution in [1.82, 2.24) is 15.0 Å². The Morgan fingerprint density at radius 1 is 1.39 bits per heavy atom. The van der Waals surface area contributed by atoms with Gasteiger partial charge in [0.1, 0.15) is 0 Å². The van der Waals surface area contributed by atoms with Gasteiger partial charge in [0.05, 0.1) is 24.8 Å². The Morgan fingerprint density at radius 2 is 2.17 bits per heavy atom. The van der Waals surface area contributed by atoms with Crippen LogP contribution in [0.5, 0.6) is 0 Å². The molecule has 1 aromatic rings. The molecule has 2 aliphatic rings. The first-order valence-electron chi connectivity index (χ1n) is 8.59. The first-order valence-corrected chi connectivity index (χ1v) is 8.59. The maximum Gasteiger partial charge on any atom is 0.227 e. The summed E-state index contributed by atoms with van der Waals surface area (Å²) in [6.07, 6.45) is 3.13. The van der Waals surface area contributed by atoms with Gasteiger partial charge in [-0.15, -0.1) is 0 Å². The second-order valence-electron chi connectivity index (χ2n) is 6.93. The van der Waals surface area contributed by atoms with Gasteiger partial charge in [-0.2, -0.15) is 0 Å². The number of aryl methyl sites for hydroxylation is 1. The van der Waals surface area contributed by atoms with Crippen molar-refractivity contribution in [2.75, 3.05) is 39.9 Å². The van der Waals surface area contributed by atoms with Gasteiger partial charge in [0.2, 0.25) is 5.91 Å². The Hall–Kier alpha value is -1.40. The van der Waals surface area contributed by atoms with E-state index >= 15 is 0 Å². The van der Waals surface area contributed by atoms with Crippen LogP contribution in [0, 0.1) is 18.8 Å². The lowest BCUT2D eigenvalue weighted by molar-refractivity contribution is -0.134. The van der Waals surface area contributed by atoms with Crippen molar-refractivity contribution in [2.24, 2.45) is 11.8 Å². The first kappa shape index (κ1) is 16.5. The van der Waals surface area contributed by atoms with E-state index in [-0.39, 0.29) is 11.8 Å². The maximum atomic E-state index is 12.3. The van der Waals surface area contributed by atoms with Crippen molar-refractivity contribution >= 4 is 5.91 Å². The summed E-state index contributed by atoms with van der Waals surface area (Å²) < 4.78 is 10.6. The second-order valence-corrected chi connectivity index (χ2v) is 6.93. The molecule has 0 saturated carbocycles. The molecule has 1 unspecified atom stereocenters. The van der Waals surface area contributed by atoms with Crippen molar-refractivity contribution in [3.05, 3.63) is 17.5 Å². The smallest absolute Gasteiger partial charge is 0.227 e. The molecule has 0 spiro atoms. The van der Waals surface area contributed by atoms with Crippen molar-refractivity contribution in [3.8, 4) is 0 Å². The Bertz CT molecular complexity index is 517. The maximum absolute atomic E-state index is 12.3. The average molecular weight is 321 g/mol. The highest BCUT2D eigenvalue weighted by molar-refractivity contribution is 5.78. The third-order valence-corrected chi connectivity index (χ3v) is 4.95. The van der Waals surface area contributed by atoms with Gasteiger partial charge in [0.25, 0.3) is 0 Å². The average Bonchev–Trinajstić information content (AvgIpc) is 3.20. The zero-order valence-corrected chi connectivity index (χ0v) is 14.2. The zero-order valence-electron chi connectivity index (χ0n) is 14.2. The van der Waals surface area contributed by atoms with E-state index in [9.17, 15) is 4.79 Å². The lowest BCUT2D eigenvalue weighted by Gasteiger charge is -2.33. The molecule has 2 aliphatic heterocycles. The summed E-state index contributed by atoms with van der Waals surface area (Å²) in [5.41, 5.74) is 0.936. The van der Waals surface area contributed by atoms with Gasteiger partial charge in [-0.3, -0.25) is 9.69 Å². The molecule has 0 N–H and O–H groups in total. The van der Waals surface area contributed by atoms with Crippen LogP contribution in [-0.4, -0.2) is 60.8 Å². The molecule has 0 aromatic carbocycles. The van der Waals surface area contributed by atoms with Crippen LogP contribution in [0.2, 0.25) is 0 Å². The minimum Gasteiger partial charge on any atom is -0.381 e. The molecule has 1 aromatic heterocycles. The van der Waals surface area contributed by atoms with Crippen LogP contribution in [0.15, 0.2) is 10.6 Å². The van der Waals surface area contributed by atoms with Crippen molar-refractivity contribution in [3.63, 3.8) is 0 Å². The highest BCUT2D eigenvalue weighted by Crippen LogP contribution is 2.22. The van der Waals surface area contributed by atoms with Crippen LogP contribution >= 0.6 is 0 Å². The van der Waals surface area contributed by atoms with E-state index in [1.54, 1.807) is 0 Å². The van der Waals surface area contributed by atoms with Crippen LogP contribution in [0.1, 0.15) is 30.7 Å². The minimum atomic E-state index is 0.0785. The van der Waals surface area contributed by atoms with Crippen LogP contribution < -0.4 is 0 Å². The van der Waals surface area contributed by atoms with Gasteiger partial charge in [0, 0.05) is 26.3 Å². The number of piperidine rings is 1. The fraction of sp³-hybridized carbons (Fsp3) is 0.765. The van der Waals surface area contributed by atoms with E-state index < -0.39 is 0 Å². The summed E-state index contributed by atoms with van der Waals surface area (Å²) in [4.78, 5) is 16.7. The summed E-state index contributed by atoms with van der Waals surface area (Å²) in [6.45, 7) is 7.08. The minimum absolute atomic E-state index is 0.0785. The van der Waals surface area contributed by atoms with Crippen LogP contribution in [0.25, 0.3) is 0 Å². The molecule has 1 amide bonds. The number of carbonyl (C=O) groups excluding carboxylic acids is 1. The van der Waals surface area contributed by atoms with Gasteiger partial charge in [0.15, 0.2) is 5.76 Å². The molecule has 3 heterocycles. The number of carbonyl (C=O) groups is 1. The van der Waals surface area contributed by atoms with E-state index in [2.05, 4.69) is 10.1 Å². The summed E-state index contributed by atoms with van der Waals surface area (Å²) in [5.74, 6) is 1.87. The van der Waals surface area contributed by atoms with E-state index in [1.165, 1.54) is 0 Å². The molecule has 6 nitrogen and oxygen atoms in total. The molecule has 1 atom stereocenters. The van der Waals surface area contributed by atoms with Crippen molar-refractivity contribution in [1.29, 1.82) is 0 Å². The predicted octanol–water partition coefficient (Wildman–Crippen LogP) is 1.69. The van der Waals surface area contributed by atoms with Gasteiger partial charge in [-0.25, -0.2) is 0 Å². The van der Waals surface area contributed by atoms with Crippen LogP contribution in [0.3, 0.4) is 0 Å². The fourth-order valence-electron chi connectivity index (χ4n) is 3.56. The van der Waals surface area contributed by atoms with E-state index in [0.717, 1.165) is 63.5 Å². The summed E-state index contributed by atoms with van der Waals surface area (Å²) >= 11 is 0. The molecule has 6 heteroatoms. The van der Waals surface area contributed by atoms with Crippen molar-refractivity contribution < 1.29 is 14.1 Å². The number of ether oxygens (including phenoxy) is 1. The molecule has 2 saturated heterocycles. The number of likely N-dealkylation sites (tertiary alicyclic amines) is 1. The number of hydrogen-bond donors (Lipinski definition) is 0. The molecule has 128 valence electrons. The second kappa shape index (κ2) is 7.45. The summed E-state index contributed by atoms with van der Waals surface area (Å²) in [7, 11) is 1.93. The number of hydrogen-bond acceptors (Lipinski definition) is 5. The van der Waals surface area contributed by atoms with E-state index in [4.69, 9.17) is 9.26 Å². The lowest BCUT2D eigenvalue weighted by atomic mass is 9.95. The topological polar surface area (TPSA) is 58.8 Å².